The first-order valence-corrected chi connectivity index (χ1v) is 32.0. The zero-order chi connectivity index (χ0) is 58.2. The number of phenols is 1. The Kier molecular flexibility index (Phi) is 20.6. The Bertz CT molecular complexity index is 3890. The first kappa shape index (κ1) is 61.7. The van der Waals surface area contributed by atoms with Gasteiger partial charge < -0.3 is 31.1 Å². The van der Waals surface area contributed by atoms with Crippen LogP contribution >= 0.6 is 93.1 Å². The number of thiazole rings is 2. The fourth-order valence-corrected chi connectivity index (χ4v) is 13.3. The molecule has 4 amide bonds. The van der Waals surface area contributed by atoms with Gasteiger partial charge in [0.25, 0.3) is 23.6 Å². The Morgan fingerprint density at radius 1 is 0.613 bits per heavy atom. The quantitative estimate of drug-likeness (QED) is 0.0670. The molecule has 2 aliphatic heterocycles. The number of sulfone groups is 2. The number of benzene rings is 6. The fraction of sp³-hybridized carbons (Fsp3) is 0.148. The maximum atomic E-state index is 13.1. The van der Waals surface area contributed by atoms with Crippen molar-refractivity contribution in [2.45, 2.75) is 60.4 Å². The molecule has 0 fully saturated rings. The van der Waals surface area contributed by atoms with E-state index < -0.39 is 43.3 Å². The van der Waals surface area contributed by atoms with Gasteiger partial charge in [0.05, 0.1) is 67.6 Å². The molecule has 0 atom stereocenters. The summed E-state index contributed by atoms with van der Waals surface area (Å²) in [7, 11) is -6.22. The van der Waals surface area contributed by atoms with E-state index in [9.17, 15) is 41.1 Å². The zero-order valence-electron chi connectivity index (χ0n) is 42.8. The molecule has 2 aromatic heterocycles. The van der Waals surface area contributed by atoms with Crippen LogP contribution in [0.2, 0.25) is 0 Å². The monoisotopic (exact) mass is 1380 g/mol. The van der Waals surface area contributed by atoms with Crippen LogP contribution in [-0.2, 0) is 32.8 Å². The summed E-state index contributed by atoms with van der Waals surface area (Å²) < 4.78 is 58.2. The zero-order valence-corrected chi connectivity index (χ0v) is 52.3. The number of carbonyl (C=O) groups excluding carboxylic acids is 4. The number of nitrogens with one attached hydrogen (secondary N) is 4. The van der Waals surface area contributed by atoms with Crippen molar-refractivity contribution < 1.29 is 45.9 Å². The van der Waals surface area contributed by atoms with Crippen LogP contribution in [-0.4, -0.2) is 71.2 Å². The number of fused-ring (bicyclic) bond motifs is 4. The van der Waals surface area contributed by atoms with Crippen LogP contribution in [0, 0.1) is 27.7 Å². The highest BCUT2D eigenvalue weighted by Gasteiger charge is 2.33. The number of anilines is 2. The van der Waals surface area contributed by atoms with Gasteiger partial charge in [0.1, 0.15) is 21.5 Å². The van der Waals surface area contributed by atoms with Crippen LogP contribution in [0.4, 0.5) is 11.4 Å². The average Bonchev–Trinajstić information content (AvgIpc) is 4.11. The maximum Gasteiger partial charge on any atom is 0.369 e. The van der Waals surface area contributed by atoms with Gasteiger partial charge in [-0.2, -0.15) is 0 Å². The molecule has 5 N–H and O–H groups in total. The molecule has 6 aromatic carbocycles. The molecule has 0 saturated heterocycles. The van der Waals surface area contributed by atoms with Crippen LogP contribution in [0.3, 0.4) is 0 Å². The van der Waals surface area contributed by atoms with Gasteiger partial charge in [-0.05, 0) is 135 Å². The summed E-state index contributed by atoms with van der Waals surface area (Å²) in [5.41, 5.74) is 6.10. The molecular formula is C54H46BBr3Cl2N6O10S4. The number of alkyl halides is 2. The smallest absolute Gasteiger partial charge is 0.369 e. The molecular weight excluding hydrogens is 1340 g/mol. The van der Waals surface area contributed by atoms with E-state index >= 15 is 0 Å². The van der Waals surface area contributed by atoms with Crippen molar-refractivity contribution >= 4 is 151 Å². The van der Waals surface area contributed by atoms with E-state index in [2.05, 4.69) is 78.5 Å². The predicted octanol–water partition coefficient (Wildman–Crippen LogP) is 12.8. The maximum absolute atomic E-state index is 13.1. The molecule has 0 bridgehead atoms. The molecule has 0 aliphatic carbocycles. The van der Waals surface area contributed by atoms with Crippen molar-refractivity contribution in [1.82, 2.24) is 20.6 Å². The van der Waals surface area contributed by atoms with Crippen molar-refractivity contribution in [2.75, 3.05) is 23.1 Å². The van der Waals surface area contributed by atoms with Gasteiger partial charge in [0.2, 0.25) is 19.7 Å². The van der Waals surface area contributed by atoms with Crippen LogP contribution in [0.15, 0.2) is 141 Å². The first-order valence-electron chi connectivity index (χ1n) is 23.5. The van der Waals surface area contributed by atoms with Gasteiger partial charge >= 0.3 is 3.18 Å². The molecule has 2 aliphatic rings. The van der Waals surface area contributed by atoms with Crippen molar-refractivity contribution in [3.8, 4) is 32.6 Å². The van der Waals surface area contributed by atoms with Crippen molar-refractivity contribution in [2.24, 2.45) is 0 Å². The number of aromatic hydroxyl groups is 1. The van der Waals surface area contributed by atoms with Crippen LogP contribution in [0.25, 0.3) is 21.1 Å². The number of amides is 4. The summed E-state index contributed by atoms with van der Waals surface area (Å²) in [6.07, 6.45) is 3.40. The molecule has 0 saturated carbocycles. The van der Waals surface area contributed by atoms with Crippen molar-refractivity contribution in [3.63, 3.8) is 0 Å². The lowest BCUT2D eigenvalue weighted by molar-refractivity contribution is 0.0943. The van der Waals surface area contributed by atoms with Gasteiger partial charge in [-0.1, -0.05) is 24.3 Å². The van der Waals surface area contributed by atoms with Crippen molar-refractivity contribution in [1.29, 1.82) is 0 Å². The van der Waals surface area contributed by atoms with Gasteiger partial charge in [0.15, 0.2) is 0 Å². The SMILES string of the molecule is BrB(Br)Br.COc1c(C)cc(-c2ncc(CNC(=O)c3ccc4c(c3)NC(=O)c3ccccc3S4(=O)=O)s2)cc1C.Cc1cc(-c2ncc(CNC(=O)c3ccc4c(c3)NC(=O)c3ccccc3S4(=O)=O)s2)cc(C)c1O.ClCCl. The third kappa shape index (κ3) is 14.2. The van der Waals surface area contributed by atoms with Crippen LogP contribution in [0.5, 0.6) is 11.5 Å². The molecule has 8 aromatic rings. The van der Waals surface area contributed by atoms with Crippen LogP contribution in [0.1, 0.15) is 73.4 Å². The number of halogens is 5. The number of methoxy groups -OCH3 is 1. The van der Waals surface area contributed by atoms with E-state index in [0.717, 1.165) is 58.9 Å². The largest absolute Gasteiger partial charge is 0.507 e. The minimum Gasteiger partial charge on any atom is -0.507 e. The lowest BCUT2D eigenvalue weighted by Crippen LogP contribution is -2.22. The molecule has 0 unspecified atom stereocenters. The Hall–Kier alpha value is -5.96. The van der Waals surface area contributed by atoms with E-state index in [1.807, 2.05) is 52.0 Å². The third-order valence-electron chi connectivity index (χ3n) is 12.0. The summed E-state index contributed by atoms with van der Waals surface area (Å²) in [5, 5.41) is 22.7. The van der Waals surface area contributed by atoms with E-state index in [1.54, 1.807) is 43.8 Å². The minimum atomic E-state index is -3.94. The van der Waals surface area contributed by atoms with Crippen molar-refractivity contribution in [3.05, 3.63) is 176 Å². The summed E-state index contributed by atoms with van der Waals surface area (Å²) in [5.74, 6) is -0.809. The Balaban J connectivity index is 0.000000207. The summed E-state index contributed by atoms with van der Waals surface area (Å²) in [6, 6.07) is 28.1. The summed E-state index contributed by atoms with van der Waals surface area (Å²) in [6.45, 7) is 8.09. The molecule has 16 nitrogen and oxygen atoms in total. The second-order valence-electron chi connectivity index (χ2n) is 17.4. The van der Waals surface area contributed by atoms with E-state index in [0.29, 0.717) is 0 Å². The standard InChI is InChI=1S/C27H23N3O5S2.C26H21N3O5S2.CH2Cl2.BBr3/c1-15-10-18(11-16(2)24(15)35-3)27-29-14-19(36-27)13-28-25(31)17-8-9-23-21(12-17)30-26(32)20-6-4-5-7-22(20)37(23,33)34;1-14-9-17(10-15(2)23(14)30)26-28-13-18(35-26)12-27-24(31)16-7-8-22-20(11-16)29-25(32)19-5-3-4-6-21(19)36(22,33)34;2-1-3;2-1(3)4/h4-12,14H,13H2,1-3H3,(H,28,31)(H,30,32);3-11,13,30H,12H2,1-2H3,(H,27,31)(H,29,32);1H2;. The fourth-order valence-electron chi connectivity index (χ4n) is 8.46. The molecule has 10 rings (SSSR count). The number of aromatic nitrogens is 2. The normalized spacial score (nSPS) is 13.1. The highest BCUT2D eigenvalue weighted by atomic mass is 79.9. The Morgan fingerprint density at radius 2 is 0.975 bits per heavy atom. The predicted molar refractivity (Wildman–Crippen MR) is 326 cm³/mol. The highest BCUT2D eigenvalue weighted by Crippen LogP contribution is 2.37. The number of phenolic OH excluding ortho intramolecular Hbond substituents is 1. The van der Waals surface area contributed by atoms with Gasteiger partial charge in [-0.15, -0.1) is 93.1 Å². The topological polar surface area (TPSA) is 240 Å². The third-order valence-corrected chi connectivity index (χ3v) is 17.8. The summed E-state index contributed by atoms with van der Waals surface area (Å²) >= 11 is 21.7. The lowest BCUT2D eigenvalue weighted by Gasteiger charge is -2.10. The lowest BCUT2D eigenvalue weighted by atomic mass is 10.1. The number of hydrogen-bond donors (Lipinski definition) is 5. The van der Waals surface area contributed by atoms with Gasteiger partial charge in [-0.25, -0.2) is 26.8 Å². The Labute approximate surface area is 504 Å². The molecule has 0 spiro atoms. The number of nitrogens with zero attached hydrogens (tertiary/aromatic N) is 2. The van der Waals surface area contributed by atoms with E-state index in [-0.39, 0.29) is 80.6 Å². The molecule has 0 radical (unpaired) electrons. The van der Waals surface area contributed by atoms with Crippen LogP contribution < -0.4 is 26.0 Å². The minimum absolute atomic E-state index is 0.0553. The van der Waals surface area contributed by atoms with Gasteiger partial charge in [0, 0.05) is 44.4 Å². The average molecular weight is 1390 g/mol. The number of ether oxygens (including phenoxy) is 1. The number of rotatable bonds is 9. The van der Waals surface area contributed by atoms with E-state index in [1.165, 1.54) is 83.3 Å². The first-order chi connectivity index (χ1) is 38.0. The Morgan fingerprint density at radius 3 is 1.35 bits per heavy atom. The molecule has 414 valence electrons. The number of hydrogen-bond acceptors (Lipinski definition) is 14. The second-order valence-corrected chi connectivity index (χ2v) is 30.7. The number of aryl methyl sites for hydroxylation is 4. The molecule has 4 heterocycles. The second kappa shape index (κ2) is 26.8. The molecule has 26 heteroatoms. The molecule has 80 heavy (non-hydrogen) atoms. The van der Waals surface area contributed by atoms with Gasteiger partial charge in [-0.3, -0.25) is 19.2 Å². The summed E-state index contributed by atoms with van der Waals surface area (Å²) in [4.78, 5) is 61.4. The van der Waals surface area contributed by atoms with E-state index in [4.69, 9.17) is 27.9 Å². The highest BCUT2D eigenvalue weighted by molar-refractivity contribution is 9.69. The number of carbonyl (C=O) groups is 4.